The Balaban J connectivity index is 1.46. The maximum absolute atomic E-state index is 13.8. The van der Waals surface area contributed by atoms with Gasteiger partial charge in [-0.1, -0.05) is 97.1 Å². The number of rotatable bonds is 10. The van der Waals surface area contributed by atoms with Crippen LogP contribution in [0.15, 0.2) is 84.9 Å². The van der Waals surface area contributed by atoms with Crippen molar-refractivity contribution in [2.45, 2.75) is 31.0 Å². The van der Waals surface area contributed by atoms with Crippen LogP contribution in [0.1, 0.15) is 41.1 Å². The summed E-state index contributed by atoms with van der Waals surface area (Å²) in [6, 6.07) is 25.2. The zero-order chi connectivity index (χ0) is 29.0. The molecule has 3 aromatic rings. The average Bonchev–Trinajstić information content (AvgIpc) is 3.45. The van der Waals surface area contributed by atoms with Crippen LogP contribution in [0.5, 0.6) is 0 Å². The number of likely N-dealkylation sites (tertiary alicyclic amines) is 1. The summed E-state index contributed by atoms with van der Waals surface area (Å²) >= 11 is 0. The minimum atomic E-state index is -1.70. The van der Waals surface area contributed by atoms with Gasteiger partial charge in [-0.3, -0.25) is 24.6 Å². The molecule has 41 heavy (non-hydrogen) atoms. The summed E-state index contributed by atoms with van der Waals surface area (Å²) < 4.78 is 0. The van der Waals surface area contributed by atoms with Crippen LogP contribution in [0.2, 0.25) is 0 Å². The molecular formula is C32H32N4O5. The highest BCUT2D eigenvalue weighted by molar-refractivity contribution is 6.09. The molecule has 0 aromatic heterocycles. The Morgan fingerprint density at radius 2 is 1.51 bits per heavy atom. The van der Waals surface area contributed by atoms with Crippen LogP contribution in [-0.2, 0) is 20.9 Å². The molecule has 9 heteroatoms. The number of nitrogens with one attached hydrogen (secondary N) is 2. The van der Waals surface area contributed by atoms with Crippen LogP contribution in [0.4, 0.5) is 4.79 Å². The highest BCUT2D eigenvalue weighted by Crippen LogP contribution is 2.50. The molecule has 4 amide bonds. The molecule has 4 unspecified atom stereocenters. The van der Waals surface area contributed by atoms with Gasteiger partial charge in [0.2, 0.25) is 11.8 Å². The molecule has 3 aromatic carbocycles. The van der Waals surface area contributed by atoms with E-state index < -0.39 is 47.2 Å². The maximum atomic E-state index is 13.8. The van der Waals surface area contributed by atoms with Crippen molar-refractivity contribution in [2.24, 2.45) is 17.6 Å². The number of primary amides is 1. The molecule has 4 atom stereocenters. The van der Waals surface area contributed by atoms with Crippen molar-refractivity contribution in [3.05, 3.63) is 107 Å². The number of carboxylic acid groups (broad SMARTS) is 1. The number of aliphatic carboxylic acids is 1. The maximum Gasteiger partial charge on any atom is 0.324 e. The lowest BCUT2D eigenvalue weighted by atomic mass is 9.77. The zero-order valence-corrected chi connectivity index (χ0v) is 22.4. The average molecular weight is 553 g/mol. The van der Waals surface area contributed by atoms with E-state index in [0.717, 1.165) is 22.3 Å². The second kappa shape index (κ2) is 11.8. The molecular weight excluding hydrogens is 520 g/mol. The summed E-state index contributed by atoms with van der Waals surface area (Å²) in [5.41, 5.74) is 6.97. The van der Waals surface area contributed by atoms with Crippen LogP contribution in [0.25, 0.3) is 12.2 Å². The van der Waals surface area contributed by atoms with Gasteiger partial charge in [-0.05, 0) is 35.1 Å². The van der Waals surface area contributed by atoms with Gasteiger partial charge in [-0.15, -0.1) is 0 Å². The lowest BCUT2D eigenvalue weighted by Crippen LogP contribution is -2.56. The van der Waals surface area contributed by atoms with Crippen LogP contribution in [0, 0.1) is 11.8 Å². The summed E-state index contributed by atoms with van der Waals surface area (Å²) in [5, 5.41) is 16.2. The van der Waals surface area contributed by atoms with Crippen molar-refractivity contribution in [3.63, 3.8) is 0 Å². The zero-order valence-electron chi connectivity index (χ0n) is 22.4. The van der Waals surface area contributed by atoms with E-state index in [2.05, 4.69) is 10.6 Å². The Hall–Kier alpha value is -4.76. The quantitative estimate of drug-likeness (QED) is 0.172. The molecule has 2 heterocycles. The van der Waals surface area contributed by atoms with Gasteiger partial charge < -0.3 is 16.2 Å². The number of nitrogens with two attached hydrogens (primary N) is 1. The Bertz CT molecular complexity index is 1460. The molecule has 5 N–H and O–H groups in total. The van der Waals surface area contributed by atoms with Crippen molar-refractivity contribution in [1.29, 1.82) is 0 Å². The highest BCUT2D eigenvalue weighted by Gasteiger charge is 2.68. The van der Waals surface area contributed by atoms with Gasteiger partial charge in [0.15, 0.2) is 0 Å². The Kier molecular flexibility index (Phi) is 7.98. The first-order chi connectivity index (χ1) is 19.8. The summed E-state index contributed by atoms with van der Waals surface area (Å²) in [6.07, 6.45) is 4.25. The standard InChI is InChI=1S/C32H32N4O5/c33-31(41)34-19-7-18-32(30(39)40)26-25(28(37)36(29(26)38)20-23-10-5-2-6-11-23)27(35-32)24-16-14-22(15-17-24)13-12-21-8-3-1-4-9-21/h1-6,8-17,25-27,35H,7,18-20H2,(H,39,40)(H3,33,34,41)/b13-12+. The topological polar surface area (TPSA) is 142 Å². The van der Waals surface area contributed by atoms with Crippen LogP contribution >= 0.6 is 0 Å². The number of carboxylic acids is 1. The van der Waals surface area contributed by atoms with Crippen LogP contribution in [-0.4, -0.2) is 45.9 Å². The lowest BCUT2D eigenvalue weighted by Gasteiger charge is -2.31. The van der Waals surface area contributed by atoms with E-state index in [1.807, 2.05) is 97.1 Å². The van der Waals surface area contributed by atoms with Crippen LogP contribution in [0.3, 0.4) is 0 Å². The molecule has 2 fully saturated rings. The van der Waals surface area contributed by atoms with Crippen molar-refractivity contribution >= 4 is 36.0 Å². The van der Waals surface area contributed by atoms with Gasteiger partial charge >= 0.3 is 12.0 Å². The summed E-state index contributed by atoms with van der Waals surface area (Å²) in [5.74, 6) is -4.11. The van der Waals surface area contributed by atoms with E-state index in [-0.39, 0.29) is 25.9 Å². The SMILES string of the molecule is NC(=O)NCCCC1(C(=O)O)NC(c2ccc(/C=C/c3ccccc3)cc2)C2C(=O)N(Cc3ccccc3)C(=O)C21. The van der Waals surface area contributed by atoms with E-state index in [4.69, 9.17) is 5.73 Å². The minimum absolute atomic E-state index is 0.0242. The number of urea groups is 1. The number of fused-ring (bicyclic) bond motifs is 1. The Morgan fingerprint density at radius 3 is 2.12 bits per heavy atom. The first kappa shape index (κ1) is 27.8. The first-order valence-electron chi connectivity index (χ1n) is 13.6. The number of imide groups is 1. The largest absolute Gasteiger partial charge is 0.480 e. The fraction of sp³-hybridized carbons (Fsp3) is 0.250. The van der Waals surface area contributed by atoms with Gasteiger partial charge in [0, 0.05) is 12.6 Å². The Labute approximate surface area is 238 Å². The van der Waals surface area contributed by atoms with Gasteiger partial charge in [-0.25, -0.2) is 4.79 Å². The van der Waals surface area contributed by atoms with Gasteiger partial charge in [0.1, 0.15) is 5.54 Å². The second-order valence-electron chi connectivity index (χ2n) is 10.5. The number of amides is 4. The summed E-state index contributed by atoms with van der Waals surface area (Å²) in [4.78, 5) is 52.9. The van der Waals surface area contributed by atoms with E-state index in [1.165, 1.54) is 4.90 Å². The summed E-state index contributed by atoms with van der Waals surface area (Å²) in [6.45, 7) is 0.215. The molecule has 0 radical (unpaired) electrons. The predicted octanol–water partition coefficient (Wildman–Crippen LogP) is 3.57. The summed E-state index contributed by atoms with van der Waals surface area (Å²) in [7, 11) is 0. The van der Waals surface area contributed by atoms with Crippen molar-refractivity contribution in [1.82, 2.24) is 15.5 Å². The van der Waals surface area contributed by atoms with Crippen LogP contribution < -0.4 is 16.4 Å². The molecule has 0 bridgehead atoms. The molecule has 2 saturated heterocycles. The van der Waals surface area contributed by atoms with Gasteiger partial charge in [0.05, 0.1) is 18.4 Å². The Morgan fingerprint density at radius 1 is 0.902 bits per heavy atom. The van der Waals surface area contributed by atoms with E-state index in [1.54, 1.807) is 0 Å². The van der Waals surface area contributed by atoms with Crippen molar-refractivity contribution in [3.8, 4) is 0 Å². The molecule has 0 saturated carbocycles. The van der Waals surface area contributed by atoms with Crippen molar-refractivity contribution in [2.75, 3.05) is 6.54 Å². The molecule has 5 rings (SSSR count). The third kappa shape index (κ3) is 5.62. The number of carbonyl (C=O) groups excluding carboxylic acids is 3. The van der Waals surface area contributed by atoms with Crippen molar-refractivity contribution < 1.29 is 24.3 Å². The third-order valence-electron chi connectivity index (χ3n) is 7.92. The van der Waals surface area contributed by atoms with E-state index in [0.29, 0.717) is 0 Å². The number of nitrogens with zero attached hydrogens (tertiary/aromatic N) is 1. The van der Waals surface area contributed by atoms with Gasteiger partial charge in [0.25, 0.3) is 0 Å². The second-order valence-corrected chi connectivity index (χ2v) is 10.5. The normalized spacial score (nSPS) is 23.6. The van der Waals surface area contributed by atoms with Gasteiger partial charge in [-0.2, -0.15) is 0 Å². The van der Waals surface area contributed by atoms with E-state index >= 15 is 0 Å². The molecule has 2 aliphatic heterocycles. The molecule has 0 aliphatic carbocycles. The number of hydrogen-bond donors (Lipinski definition) is 4. The lowest BCUT2D eigenvalue weighted by molar-refractivity contribution is -0.152. The smallest absolute Gasteiger partial charge is 0.324 e. The monoisotopic (exact) mass is 552 g/mol. The first-order valence-corrected chi connectivity index (χ1v) is 13.6. The highest BCUT2D eigenvalue weighted by atomic mass is 16.4. The fourth-order valence-corrected chi connectivity index (χ4v) is 5.95. The molecule has 0 spiro atoms. The molecule has 9 nitrogen and oxygen atoms in total. The number of carbonyl (C=O) groups is 4. The molecule has 2 aliphatic rings. The minimum Gasteiger partial charge on any atom is -0.480 e. The third-order valence-corrected chi connectivity index (χ3v) is 7.92. The number of benzene rings is 3. The number of hydrogen-bond acceptors (Lipinski definition) is 5. The molecule has 210 valence electrons. The van der Waals surface area contributed by atoms with E-state index in [9.17, 15) is 24.3 Å². The fourth-order valence-electron chi connectivity index (χ4n) is 5.95. The predicted molar refractivity (Wildman–Crippen MR) is 154 cm³/mol.